The maximum atomic E-state index is 12.5. The van der Waals surface area contributed by atoms with Crippen LogP contribution in [0.25, 0.3) is 11.6 Å². The molecule has 0 atom stereocenters. The second kappa shape index (κ2) is 10.1. The van der Waals surface area contributed by atoms with Gasteiger partial charge in [-0.3, -0.25) is 19.6 Å². The van der Waals surface area contributed by atoms with Crippen LogP contribution >= 0.6 is 0 Å². The van der Waals surface area contributed by atoms with E-state index >= 15 is 0 Å². The van der Waals surface area contributed by atoms with E-state index in [0.717, 1.165) is 41.0 Å². The average molecular weight is 425 g/mol. The zero-order chi connectivity index (χ0) is 22.4. The number of H-pyrrole nitrogens is 1. The van der Waals surface area contributed by atoms with Crippen molar-refractivity contribution in [3.63, 3.8) is 0 Å². The standard InChI is InChI=1S/C23H28N4O4/c1-14-11-15(2)24-20(14)13-18-17-12-16(9-10-19(17)26-23(18)30)25-21(28)7-5-3-4-6-8-22(29)27-31/h9-13,24,31H,3-8H2,1-2H3,(H,25,28)(H,26,30)(H,27,29). The smallest absolute Gasteiger partial charge is 0.256 e. The van der Waals surface area contributed by atoms with Gasteiger partial charge in [0.05, 0.1) is 5.57 Å². The Morgan fingerprint density at radius 1 is 1.03 bits per heavy atom. The molecule has 3 rings (SSSR count). The van der Waals surface area contributed by atoms with Crippen LogP contribution in [0.4, 0.5) is 11.4 Å². The summed E-state index contributed by atoms with van der Waals surface area (Å²) in [5.41, 5.74) is 7.28. The minimum atomic E-state index is -0.391. The molecule has 2 heterocycles. The fraction of sp³-hybridized carbons (Fsp3) is 0.348. The van der Waals surface area contributed by atoms with Gasteiger partial charge in [0.2, 0.25) is 11.8 Å². The Balaban J connectivity index is 1.58. The lowest BCUT2D eigenvalue weighted by atomic mass is 10.0. The number of hydroxylamine groups is 1. The van der Waals surface area contributed by atoms with E-state index in [4.69, 9.17) is 5.21 Å². The van der Waals surface area contributed by atoms with Crippen molar-refractivity contribution < 1.29 is 19.6 Å². The third kappa shape index (κ3) is 5.82. The number of amides is 3. The van der Waals surface area contributed by atoms with E-state index in [9.17, 15) is 14.4 Å². The van der Waals surface area contributed by atoms with Crippen molar-refractivity contribution in [1.29, 1.82) is 0 Å². The van der Waals surface area contributed by atoms with E-state index < -0.39 is 5.91 Å². The van der Waals surface area contributed by atoms with Gasteiger partial charge >= 0.3 is 0 Å². The number of aromatic nitrogens is 1. The van der Waals surface area contributed by atoms with E-state index in [-0.39, 0.29) is 18.2 Å². The van der Waals surface area contributed by atoms with Crippen molar-refractivity contribution in [3.05, 3.63) is 46.8 Å². The summed E-state index contributed by atoms with van der Waals surface area (Å²) in [6.07, 6.45) is 5.54. The molecule has 1 aromatic heterocycles. The Hall–Kier alpha value is -3.39. The third-order valence-electron chi connectivity index (χ3n) is 5.25. The number of unbranched alkanes of at least 4 members (excludes halogenated alkanes) is 3. The summed E-state index contributed by atoms with van der Waals surface area (Å²) >= 11 is 0. The maximum absolute atomic E-state index is 12.5. The average Bonchev–Trinajstić information content (AvgIpc) is 3.22. The molecule has 0 aliphatic carbocycles. The first-order chi connectivity index (χ1) is 14.9. The molecule has 5 N–H and O–H groups in total. The first-order valence-corrected chi connectivity index (χ1v) is 10.4. The number of aryl methyl sites for hydroxylation is 2. The molecule has 31 heavy (non-hydrogen) atoms. The van der Waals surface area contributed by atoms with Crippen LogP contribution in [-0.2, 0) is 14.4 Å². The number of anilines is 2. The van der Waals surface area contributed by atoms with Crippen LogP contribution in [0.2, 0.25) is 0 Å². The normalized spacial score (nSPS) is 13.8. The monoisotopic (exact) mass is 424 g/mol. The van der Waals surface area contributed by atoms with Gasteiger partial charge in [-0.25, -0.2) is 5.48 Å². The molecule has 0 fully saturated rings. The Labute approximate surface area is 181 Å². The summed E-state index contributed by atoms with van der Waals surface area (Å²) in [5, 5.41) is 14.2. The predicted molar refractivity (Wildman–Crippen MR) is 119 cm³/mol. The predicted octanol–water partition coefficient (Wildman–Crippen LogP) is 3.91. The molecular formula is C23H28N4O4. The van der Waals surface area contributed by atoms with Gasteiger partial charge in [0.1, 0.15) is 0 Å². The second-order valence-corrected chi connectivity index (χ2v) is 7.82. The van der Waals surface area contributed by atoms with E-state index in [1.54, 1.807) is 17.6 Å². The van der Waals surface area contributed by atoms with Gasteiger partial charge in [-0.15, -0.1) is 0 Å². The van der Waals surface area contributed by atoms with Crippen LogP contribution in [0.1, 0.15) is 61.0 Å². The SMILES string of the molecule is Cc1cc(C)c(C=C2C(=O)Nc3ccc(NC(=O)CCCCCCC(=O)NO)cc32)[nH]1. The number of hydrogen-bond acceptors (Lipinski definition) is 4. The Kier molecular flexibility index (Phi) is 7.25. The molecule has 0 spiro atoms. The van der Waals surface area contributed by atoms with E-state index in [2.05, 4.69) is 15.6 Å². The summed E-state index contributed by atoms with van der Waals surface area (Å²) in [7, 11) is 0. The van der Waals surface area contributed by atoms with Gasteiger partial charge in [0.15, 0.2) is 0 Å². The fourth-order valence-corrected chi connectivity index (χ4v) is 3.66. The van der Waals surface area contributed by atoms with Crippen LogP contribution in [0, 0.1) is 13.8 Å². The molecule has 0 saturated carbocycles. The molecular weight excluding hydrogens is 396 g/mol. The molecule has 1 aromatic carbocycles. The van der Waals surface area contributed by atoms with Crippen molar-refractivity contribution in [3.8, 4) is 0 Å². The van der Waals surface area contributed by atoms with Gasteiger partial charge in [-0.1, -0.05) is 12.8 Å². The van der Waals surface area contributed by atoms with Crippen molar-refractivity contribution >= 4 is 40.7 Å². The van der Waals surface area contributed by atoms with Crippen LogP contribution in [-0.4, -0.2) is 27.9 Å². The Morgan fingerprint density at radius 3 is 2.39 bits per heavy atom. The lowest BCUT2D eigenvalue weighted by molar-refractivity contribution is -0.129. The quantitative estimate of drug-likeness (QED) is 0.181. The third-order valence-corrected chi connectivity index (χ3v) is 5.25. The Bertz CT molecular complexity index is 1020. The first kappa shape index (κ1) is 22.3. The molecule has 1 aliphatic heterocycles. The topological polar surface area (TPSA) is 123 Å². The number of rotatable bonds is 9. The highest BCUT2D eigenvalue weighted by molar-refractivity contribution is 6.35. The number of fused-ring (bicyclic) bond motifs is 1. The lowest BCUT2D eigenvalue weighted by Gasteiger charge is -2.07. The van der Waals surface area contributed by atoms with E-state index in [1.807, 2.05) is 32.1 Å². The number of carbonyl (C=O) groups excluding carboxylic acids is 3. The molecule has 0 bridgehead atoms. The summed E-state index contributed by atoms with van der Waals surface area (Å²) in [6.45, 7) is 3.96. The van der Waals surface area contributed by atoms with E-state index in [1.165, 1.54) is 0 Å². The molecule has 0 radical (unpaired) electrons. The molecule has 0 saturated heterocycles. The second-order valence-electron chi connectivity index (χ2n) is 7.82. The maximum Gasteiger partial charge on any atom is 0.256 e. The van der Waals surface area contributed by atoms with E-state index in [0.29, 0.717) is 30.5 Å². The summed E-state index contributed by atoms with van der Waals surface area (Å²) in [5.74, 6) is -0.649. The highest BCUT2D eigenvalue weighted by atomic mass is 16.5. The minimum absolute atomic E-state index is 0.0910. The number of benzene rings is 1. The van der Waals surface area contributed by atoms with Crippen LogP contribution in [0.5, 0.6) is 0 Å². The van der Waals surface area contributed by atoms with Gasteiger partial charge < -0.3 is 15.6 Å². The fourth-order valence-electron chi connectivity index (χ4n) is 3.66. The largest absolute Gasteiger partial charge is 0.359 e. The summed E-state index contributed by atoms with van der Waals surface area (Å²) in [6, 6.07) is 7.41. The molecule has 164 valence electrons. The highest BCUT2D eigenvalue weighted by Gasteiger charge is 2.25. The van der Waals surface area contributed by atoms with Gasteiger partial charge in [-0.2, -0.15) is 0 Å². The molecule has 8 heteroatoms. The molecule has 3 amide bonds. The number of aromatic amines is 1. The molecule has 8 nitrogen and oxygen atoms in total. The zero-order valence-electron chi connectivity index (χ0n) is 17.8. The lowest BCUT2D eigenvalue weighted by Crippen LogP contribution is -2.17. The van der Waals surface area contributed by atoms with Gasteiger partial charge in [0, 0.05) is 41.2 Å². The minimum Gasteiger partial charge on any atom is -0.359 e. The van der Waals surface area contributed by atoms with Crippen LogP contribution in [0.3, 0.4) is 0 Å². The first-order valence-electron chi connectivity index (χ1n) is 10.4. The molecule has 2 aromatic rings. The molecule has 0 unspecified atom stereocenters. The van der Waals surface area contributed by atoms with Gasteiger partial charge in [-0.05, 0) is 62.6 Å². The van der Waals surface area contributed by atoms with Gasteiger partial charge in [0.25, 0.3) is 5.91 Å². The van der Waals surface area contributed by atoms with Crippen molar-refractivity contribution in [2.45, 2.75) is 52.4 Å². The number of hydrogen-bond donors (Lipinski definition) is 5. The van der Waals surface area contributed by atoms with Crippen molar-refractivity contribution in [2.75, 3.05) is 10.6 Å². The summed E-state index contributed by atoms with van der Waals surface area (Å²) < 4.78 is 0. The summed E-state index contributed by atoms with van der Waals surface area (Å²) in [4.78, 5) is 38.9. The van der Waals surface area contributed by atoms with Crippen molar-refractivity contribution in [1.82, 2.24) is 10.5 Å². The molecule has 1 aliphatic rings. The number of nitrogens with one attached hydrogen (secondary N) is 4. The zero-order valence-corrected chi connectivity index (χ0v) is 17.8. The highest BCUT2D eigenvalue weighted by Crippen LogP contribution is 2.35. The number of carbonyl (C=O) groups is 3. The van der Waals surface area contributed by atoms with Crippen molar-refractivity contribution in [2.24, 2.45) is 0 Å². The van der Waals surface area contributed by atoms with Crippen LogP contribution < -0.4 is 16.1 Å². The van der Waals surface area contributed by atoms with Crippen LogP contribution in [0.15, 0.2) is 24.3 Å². The Morgan fingerprint density at radius 2 is 1.74 bits per heavy atom.